The fourth-order valence-electron chi connectivity index (χ4n) is 3.09. The van der Waals surface area contributed by atoms with Gasteiger partial charge in [-0.3, -0.25) is 14.0 Å². The van der Waals surface area contributed by atoms with Gasteiger partial charge in [-0.1, -0.05) is 30.3 Å². The van der Waals surface area contributed by atoms with Crippen LogP contribution < -0.4 is 15.8 Å². The maximum atomic E-state index is 12.9. The molecular formula is C22H19N5O3. The first-order valence-electron chi connectivity index (χ1n) is 9.34. The molecule has 30 heavy (non-hydrogen) atoms. The van der Waals surface area contributed by atoms with E-state index in [1.165, 1.54) is 6.33 Å². The van der Waals surface area contributed by atoms with E-state index in [1.54, 1.807) is 34.7 Å². The van der Waals surface area contributed by atoms with Crippen LogP contribution in [0.15, 0.2) is 67.0 Å². The number of hydrogen-bond acceptors (Lipinski definition) is 5. The van der Waals surface area contributed by atoms with Crippen LogP contribution in [-0.4, -0.2) is 32.8 Å². The summed E-state index contributed by atoms with van der Waals surface area (Å²) in [5.41, 5.74) is 7.90. The molecule has 0 aliphatic carbocycles. The Hall–Kier alpha value is -4.20. The molecular weight excluding hydrogens is 382 g/mol. The summed E-state index contributed by atoms with van der Waals surface area (Å²) in [6.07, 6.45) is 1.47. The molecule has 2 amide bonds. The summed E-state index contributed by atoms with van der Waals surface area (Å²) in [4.78, 5) is 33.1. The third-order valence-corrected chi connectivity index (χ3v) is 4.46. The Balaban J connectivity index is 1.75. The van der Waals surface area contributed by atoms with Gasteiger partial charge in [-0.15, -0.1) is 0 Å². The van der Waals surface area contributed by atoms with Crippen LogP contribution in [0, 0.1) is 0 Å². The minimum absolute atomic E-state index is 0.00268. The Labute approximate surface area is 172 Å². The highest BCUT2D eigenvalue weighted by Crippen LogP contribution is 2.23. The molecule has 2 aromatic carbocycles. The number of carbonyl (C=O) groups excluding carboxylic acids is 2. The molecule has 4 aromatic rings. The van der Waals surface area contributed by atoms with Gasteiger partial charge in [-0.05, 0) is 42.8 Å². The zero-order chi connectivity index (χ0) is 21.1. The molecule has 0 bridgehead atoms. The van der Waals surface area contributed by atoms with Gasteiger partial charge in [0.15, 0.2) is 11.3 Å². The summed E-state index contributed by atoms with van der Waals surface area (Å²) in [5.74, 6) is -0.421. The molecule has 0 radical (unpaired) electrons. The number of anilines is 1. The molecule has 4 rings (SSSR count). The minimum atomic E-state index is -0.715. The molecule has 0 saturated heterocycles. The van der Waals surface area contributed by atoms with Crippen LogP contribution in [0.2, 0.25) is 0 Å². The number of aromatic nitrogens is 3. The fraction of sp³-hybridized carbons (Fsp3) is 0.0909. The third kappa shape index (κ3) is 3.70. The molecule has 0 spiro atoms. The first kappa shape index (κ1) is 19.1. The number of hydrogen-bond donors (Lipinski definition) is 2. The molecule has 0 fully saturated rings. The van der Waals surface area contributed by atoms with E-state index >= 15 is 0 Å². The standard InChI is InChI=1S/C22H19N5O3/c1-2-30-16-10-8-15(9-11-16)25-22(29)17-12-18(14-6-4-3-5-7-14)27-13-24-19(20(23)28)21(27)26-17/h3-13H,2H2,1H3,(H2,23,28)(H,25,29). The number of fused-ring (bicyclic) bond motifs is 1. The zero-order valence-corrected chi connectivity index (χ0v) is 16.2. The van der Waals surface area contributed by atoms with Crippen molar-refractivity contribution in [3.05, 3.63) is 78.4 Å². The van der Waals surface area contributed by atoms with Crippen LogP contribution in [0.1, 0.15) is 27.9 Å². The summed E-state index contributed by atoms with van der Waals surface area (Å²) in [5, 5.41) is 2.81. The van der Waals surface area contributed by atoms with E-state index in [-0.39, 0.29) is 17.0 Å². The molecule has 0 unspecified atom stereocenters. The molecule has 3 N–H and O–H groups in total. The van der Waals surface area contributed by atoms with Crippen molar-refractivity contribution in [2.75, 3.05) is 11.9 Å². The van der Waals surface area contributed by atoms with Crippen molar-refractivity contribution >= 4 is 23.1 Å². The van der Waals surface area contributed by atoms with Crippen molar-refractivity contribution in [3.8, 4) is 17.0 Å². The summed E-state index contributed by atoms with van der Waals surface area (Å²) >= 11 is 0. The Morgan fingerprint density at radius 1 is 1.10 bits per heavy atom. The minimum Gasteiger partial charge on any atom is -0.494 e. The van der Waals surface area contributed by atoms with Crippen LogP contribution >= 0.6 is 0 Å². The first-order chi connectivity index (χ1) is 14.6. The Morgan fingerprint density at radius 2 is 1.83 bits per heavy atom. The van der Waals surface area contributed by atoms with Gasteiger partial charge in [-0.2, -0.15) is 0 Å². The fourth-order valence-corrected chi connectivity index (χ4v) is 3.09. The molecule has 2 heterocycles. The van der Waals surface area contributed by atoms with Crippen LogP contribution in [0.5, 0.6) is 5.75 Å². The average Bonchev–Trinajstić information content (AvgIpc) is 3.19. The van der Waals surface area contributed by atoms with Gasteiger partial charge < -0.3 is 15.8 Å². The van der Waals surface area contributed by atoms with Gasteiger partial charge >= 0.3 is 0 Å². The van der Waals surface area contributed by atoms with Gasteiger partial charge in [0.05, 0.1) is 12.3 Å². The Morgan fingerprint density at radius 3 is 2.50 bits per heavy atom. The number of nitrogens with zero attached hydrogens (tertiary/aromatic N) is 3. The van der Waals surface area contributed by atoms with Gasteiger partial charge in [0.2, 0.25) is 0 Å². The number of nitrogens with two attached hydrogens (primary N) is 1. The summed E-state index contributed by atoms with van der Waals surface area (Å²) < 4.78 is 7.05. The van der Waals surface area contributed by atoms with Crippen molar-refractivity contribution in [2.24, 2.45) is 5.73 Å². The second-order valence-electron chi connectivity index (χ2n) is 6.46. The lowest BCUT2D eigenvalue weighted by Crippen LogP contribution is -2.17. The lowest BCUT2D eigenvalue weighted by molar-refractivity contribution is 0.0993. The average molecular weight is 401 g/mol. The zero-order valence-electron chi connectivity index (χ0n) is 16.2. The number of ether oxygens (including phenoxy) is 1. The van der Waals surface area contributed by atoms with Crippen molar-refractivity contribution < 1.29 is 14.3 Å². The van der Waals surface area contributed by atoms with E-state index < -0.39 is 11.8 Å². The van der Waals surface area contributed by atoms with Crippen LogP contribution in [0.3, 0.4) is 0 Å². The molecule has 0 atom stereocenters. The largest absolute Gasteiger partial charge is 0.494 e. The van der Waals surface area contributed by atoms with Crippen LogP contribution in [-0.2, 0) is 0 Å². The number of carbonyl (C=O) groups is 2. The van der Waals surface area contributed by atoms with Gasteiger partial charge in [0.1, 0.15) is 17.8 Å². The number of nitrogens with one attached hydrogen (secondary N) is 1. The molecule has 0 aliphatic rings. The summed E-state index contributed by atoms with van der Waals surface area (Å²) in [6.45, 7) is 2.46. The second kappa shape index (κ2) is 8.04. The van der Waals surface area contributed by atoms with Crippen LogP contribution in [0.25, 0.3) is 16.9 Å². The summed E-state index contributed by atoms with van der Waals surface area (Å²) in [6, 6.07) is 18.1. The first-order valence-corrected chi connectivity index (χ1v) is 9.34. The van der Waals surface area contributed by atoms with E-state index in [0.29, 0.717) is 23.7 Å². The SMILES string of the molecule is CCOc1ccc(NC(=O)c2cc(-c3ccccc3)n3cnc(C(N)=O)c3n2)cc1. The summed E-state index contributed by atoms with van der Waals surface area (Å²) in [7, 11) is 0. The Kier molecular flexibility index (Phi) is 5.13. The van der Waals surface area contributed by atoms with E-state index in [2.05, 4.69) is 15.3 Å². The normalized spacial score (nSPS) is 10.7. The van der Waals surface area contributed by atoms with Crippen molar-refractivity contribution in [2.45, 2.75) is 6.92 Å². The lowest BCUT2D eigenvalue weighted by atomic mass is 10.1. The topological polar surface area (TPSA) is 112 Å². The number of benzene rings is 2. The quantitative estimate of drug-likeness (QED) is 0.515. The molecule has 0 saturated carbocycles. The number of rotatable bonds is 6. The predicted octanol–water partition coefficient (Wildman–Crippen LogP) is 3.15. The highest BCUT2D eigenvalue weighted by atomic mass is 16.5. The van der Waals surface area contributed by atoms with Crippen molar-refractivity contribution in [3.63, 3.8) is 0 Å². The smallest absolute Gasteiger partial charge is 0.274 e. The van der Waals surface area contributed by atoms with Crippen molar-refractivity contribution in [1.82, 2.24) is 14.4 Å². The van der Waals surface area contributed by atoms with Crippen molar-refractivity contribution in [1.29, 1.82) is 0 Å². The van der Waals surface area contributed by atoms with E-state index in [1.807, 2.05) is 37.3 Å². The molecule has 8 nitrogen and oxygen atoms in total. The van der Waals surface area contributed by atoms with E-state index in [4.69, 9.17) is 10.5 Å². The van der Waals surface area contributed by atoms with E-state index in [0.717, 1.165) is 5.56 Å². The molecule has 2 aromatic heterocycles. The third-order valence-electron chi connectivity index (χ3n) is 4.46. The highest BCUT2D eigenvalue weighted by molar-refractivity contribution is 6.04. The van der Waals surface area contributed by atoms with E-state index in [9.17, 15) is 9.59 Å². The van der Waals surface area contributed by atoms with Crippen LogP contribution in [0.4, 0.5) is 5.69 Å². The predicted molar refractivity (Wildman–Crippen MR) is 113 cm³/mol. The maximum Gasteiger partial charge on any atom is 0.274 e. The number of imidazole rings is 1. The number of amides is 2. The maximum absolute atomic E-state index is 12.9. The van der Waals surface area contributed by atoms with Gasteiger partial charge in [0.25, 0.3) is 11.8 Å². The molecule has 8 heteroatoms. The monoisotopic (exact) mass is 401 g/mol. The molecule has 150 valence electrons. The highest BCUT2D eigenvalue weighted by Gasteiger charge is 2.19. The van der Waals surface area contributed by atoms with Gasteiger partial charge in [0, 0.05) is 5.69 Å². The van der Waals surface area contributed by atoms with Gasteiger partial charge in [-0.25, -0.2) is 9.97 Å². The second-order valence-corrected chi connectivity index (χ2v) is 6.46. The Bertz CT molecular complexity index is 1220. The number of primary amides is 1. The molecule has 0 aliphatic heterocycles. The lowest BCUT2D eigenvalue weighted by Gasteiger charge is -2.10.